The van der Waals surface area contributed by atoms with Crippen LogP contribution in [0.25, 0.3) is 0 Å². The molecule has 0 aliphatic heterocycles. The third-order valence-corrected chi connectivity index (χ3v) is 3.92. The summed E-state index contributed by atoms with van der Waals surface area (Å²) in [6, 6.07) is 9.32. The summed E-state index contributed by atoms with van der Waals surface area (Å²) in [4.78, 5) is 0. The predicted molar refractivity (Wildman–Crippen MR) is 88.7 cm³/mol. The molecule has 1 aromatic rings. The van der Waals surface area contributed by atoms with E-state index in [1.807, 2.05) is 0 Å². The van der Waals surface area contributed by atoms with Crippen molar-refractivity contribution >= 4 is 15.9 Å². The zero-order valence-corrected chi connectivity index (χ0v) is 14.3. The molecule has 1 aromatic carbocycles. The summed E-state index contributed by atoms with van der Waals surface area (Å²) >= 11 is 3.58. The molecule has 1 atom stereocenters. The van der Waals surface area contributed by atoms with E-state index in [9.17, 15) is 0 Å². The molecule has 2 heteroatoms. The second-order valence-electron chi connectivity index (χ2n) is 6.14. The van der Waals surface area contributed by atoms with Gasteiger partial charge in [-0.25, -0.2) is 0 Å². The molecule has 0 aliphatic carbocycles. The lowest BCUT2D eigenvalue weighted by molar-refractivity contribution is 0.464. The summed E-state index contributed by atoms with van der Waals surface area (Å²) in [5.41, 5.74) is 1.45. The molecule has 0 fully saturated rings. The smallest absolute Gasteiger partial charge is 0.0178 e. The van der Waals surface area contributed by atoms with Crippen LogP contribution in [0.5, 0.6) is 0 Å². The van der Waals surface area contributed by atoms with Crippen molar-refractivity contribution in [3.63, 3.8) is 0 Å². The van der Waals surface area contributed by atoms with Crippen LogP contribution < -0.4 is 5.32 Å². The standard InChI is InChI=1S/C17H28BrN/c1-13(2)7-5-9-16(12-19-14(3)4)15-8-6-10-17(18)11-15/h6,8,10-11,13-14,16,19H,5,7,9,12H2,1-4H3. The lowest BCUT2D eigenvalue weighted by Crippen LogP contribution is -2.28. The zero-order chi connectivity index (χ0) is 14.3. The van der Waals surface area contributed by atoms with Crippen molar-refractivity contribution < 1.29 is 0 Å². The van der Waals surface area contributed by atoms with E-state index in [4.69, 9.17) is 0 Å². The number of nitrogens with one attached hydrogen (secondary N) is 1. The van der Waals surface area contributed by atoms with Crippen LogP contribution in [0.3, 0.4) is 0 Å². The van der Waals surface area contributed by atoms with Crippen molar-refractivity contribution in [2.75, 3.05) is 6.54 Å². The van der Waals surface area contributed by atoms with Crippen LogP contribution in [0.1, 0.15) is 58.4 Å². The van der Waals surface area contributed by atoms with Crippen LogP contribution in [0, 0.1) is 5.92 Å². The molecule has 0 aromatic heterocycles. The largest absolute Gasteiger partial charge is 0.314 e. The monoisotopic (exact) mass is 325 g/mol. The Morgan fingerprint density at radius 1 is 1.11 bits per heavy atom. The first kappa shape index (κ1) is 16.7. The minimum atomic E-state index is 0.555. The molecule has 1 N–H and O–H groups in total. The summed E-state index contributed by atoms with van der Waals surface area (Å²) in [6.45, 7) is 10.1. The lowest BCUT2D eigenvalue weighted by Gasteiger charge is -2.20. The van der Waals surface area contributed by atoms with Crippen LogP contribution in [0.15, 0.2) is 28.7 Å². The Labute approximate surface area is 127 Å². The fourth-order valence-electron chi connectivity index (χ4n) is 2.30. The first-order chi connectivity index (χ1) is 8.99. The third kappa shape index (κ3) is 7.12. The van der Waals surface area contributed by atoms with E-state index in [0.29, 0.717) is 12.0 Å². The van der Waals surface area contributed by atoms with E-state index in [2.05, 4.69) is 73.2 Å². The highest BCUT2D eigenvalue weighted by Crippen LogP contribution is 2.25. The zero-order valence-electron chi connectivity index (χ0n) is 12.7. The van der Waals surface area contributed by atoms with E-state index >= 15 is 0 Å². The minimum absolute atomic E-state index is 0.555. The molecule has 108 valence electrons. The van der Waals surface area contributed by atoms with Gasteiger partial charge in [0.25, 0.3) is 0 Å². The fraction of sp³-hybridized carbons (Fsp3) is 0.647. The second kappa shape index (κ2) is 8.76. The second-order valence-corrected chi connectivity index (χ2v) is 7.06. The molecule has 1 rings (SSSR count). The van der Waals surface area contributed by atoms with E-state index in [1.165, 1.54) is 29.3 Å². The summed E-state index contributed by atoms with van der Waals surface area (Å²) < 4.78 is 1.18. The highest BCUT2D eigenvalue weighted by molar-refractivity contribution is 9.10. The molecule has 0 aliphatic rings. The van der Waals surface area contributed by atoms with Crippen molar-refractivity contribution in [2.24, 2.45) is 5.92 Å². The Hall–Kier alpha value is -0.340. The SMILES string of the molecule is CC(C)CCCC(CNC(C)C)c1cccc(Br)c1. The van der Waals surface area contributed by atoms with Crippen molar-refractivity contribution in [1.82, 2.24) is 5.32 Å². The Morgan fingerprint density at radius 2 is 1.84 bits per heavy atom. The van der Waals surface area contributed by atoms with Gasteiger partial charge in [0.05, 0.1) is 0 Å². The minimum Gasteiger partial charge on any atom is -0.314 e. The Balaban J connectivity index is 2.62. The van der Waals surface area contributed by atoms with Crippen LogP contribution in [-0.4, -0.2) is 12.6 Å². The average Bonchev–Trinajstić information content (AvgIpc) is 2.32. The van der Waals surface area contributed by atoms with Gasteiger partial charge < -0.3 is 5.32 Å². The van der Waals surface area contributed by atoms with Crippen molar-refractivity contribution in [1.29, 1.82) is 0 Å². The summed E-state index contributed by atoms with van der Waals surface area (Å²) in [7, 11) is 0. The van der Waals surface area contributed by atoms with Crippen LogP contribution >= 0.6 is 15.9 Å². The van der Waals surface area contributed by atoms with Crippen LogP contribution in [-0.2, 0) is 0 Å². The molecule has 0 radical (unpaired) electrons. The van der Waals surface area contributed by atoms with Gasteiger partial charge in [0.15, 0.2) is 0 Å². The number of benzene rings is 1. The van der Waals surface area contributed by atoms with E-state index in [1.54, 1.807) is 0 Å². The molecule has 0 saturated carbocycles. The molecule has 19 heavy (non-hydrogen) atoms. The van der Waals surface area contributed by atoms with Crippen LogP contribution in [0.4, 0.5) is 0 Å². The molecule has 1 unspecified atom stereocenters. The van der Waals surface area contributed by atoms with Gasteiger partial charge in [-0.2, -0.15) is 0 Å². The molecule has 0 saturated heterocycles. The topological polar surface area (TPSA) is 12.0 Å². The Kier molecular flexibility index (Phi) is 7.70. The van der Waals surface area contributed by atoms with Gasteiger partial charge in [-0.1, -0.05) is 68.6 Å². The molecular formula is C17H28BrN. The molecule has 0 bridgehead atoms. The third-order valence-electron chi connectivity index (χ3n) is 3.43. The summed E-state index contributed by atoms with van der Waals surface area (Å²) in [5.74, 6) is 1.43. The Bertz CT molecular complexity index is 360. The van der Waals surface area contributed by atoms with Gasteiger partial charge in [0.1, 0.15) is 0 Å². The van der Waals surface area contributed by atoms with Crippen molar-refractivity contribution in [3.05, 3.63) is 34.3 Å². The van der Waals surface area contributed by atoms with E-state index < -0.39 is 0 Å². The van der Waals surface area contributed by atoms with Gasteiger partial charge in [0.2, 0.25) is 0 Å². The normalized spacial score (nSPS) is 13.2. The summed E-state index contributed by atoms with van der Waals surface area (Å²) in [6.07, 6.45) is 3.91. The van der Waals surface area contributed by atoms with E-state index in [0.717, 1.165) is 12.5 Å². The summed E-state index contributed by atoms with van der Waals surface area (Å²) in [5, 5.41) is 3.59. The number of halogens is 1. The number of rotatable bonds is 8. The number of hydrogen-bond acceptors (Lipinski definition) is 1. The molecular weight excluding hydrogens is 298 g/mol. The van der Waals surface area contributed by atoms with Gasteiger partial charge in [0, 0.05) is 17.1 Å². The first-order valence-electron chi connectivity index (χ1n) is 7.48. The quantitative estimate of drug-likeness (QED) is 0.678. The molecule has 0 heterocycles. The highest BCUT2D eigenvalue weighted by Gasteiger charge is 2.12. The van der Waals surface area contributed by atoms with Gasteiger partial charge in [-0.3, -0.25) is 0 Å². The maximum Gasteiger partial charge on any atom is 0.0178 e. The molecule has 0 amide bonds. The average molecular weight is 326 g/mol. The van der Waals surface area contributed by atoms with Crippen LogP contribution in [0.2, 0.25) is 0 Å². The number of hydrogen-bond donors (Lipinski definition) is 1. The lowest BCUT2D eigenvalue weighted by atomic mass is 9.91. The molecule has 0 spiro atoms. The van der Waals surface area contributed by atoms with E-state index in [-0.39, 0.29) is 0 Å². The Morgan fingerprint density at radius 3 is 2.42 bits per heavy atom. The van der Waals surface area contributed by atoms with Gasteiger partial charge in [-0.05, 0) is 36.0 Å². The highest BCUT2D eigenvalue weighted by atomic mass is 79.9. The van der Waals surface area contributed by atoms with Gasteiger partial charge >= 0.3 is 0 Å². The van der Waals surface area contributed by atoms with Gasteiger partial charge in [-0.15, -0.1) is 0 Å². The predicted octanol–water partition coefficient (Wildman–Crippen LogP) is 5.36. The first-order valence-corrected chi connectivity index (χ1v) is 8.27. The van der Waals surface area contributed by atoms with Crippen molar-refractivity contribution in [2.45, 2.75) is 58.9 Å². The fourth-order valence-corrected chi connectivity index (χ4v) is 2.71. The maximum atomic E-state index is 3.59. The maximum absolute atomic E-state index is 3.59. The molecule has 1 nitrogen and oxygen atoms in total. The van der Waals surface area contributed by atoms with Crippen molar-refractivity contribution in [3.8, 4) is 0 Å².